The van der Waals surface area contributed by atoms with Crippen LogP contribution in [-0.2, 0) is 17.8 Å². The quantitative estimate of drug-likeness (QED) is 0.628. The molecule has 0 fully saturated rings. The Labute approximate surface area is 180 Å². The third kappa shape index (κ3) is 4.05. The van der Waals surface area contributed by atoms with Crippen molar-refractivity contribution in [3.8, 4) is 0 Å². The number of carboxylic acids is 1. The molecule has 2 amide bonds. The summed E-state index contributed by atoms with van der Waals surface area (Å²) in [5.74, 6) is -1.68. The van der Waals surface area contributed by atoms with Gasteiger partial charge in [0.25, 0.3) is 5.91 Å². The fourth-order valence-corrected chi connectivity index (χ4v) is 4.07. The van der Waals surface area contributed by atoms with Crippen molar-refractivity contribution < 1.29 is 19.5 Å². The first-order valence-corrected chi connectivity index (χ1v) is 10.3. The van der Waals surface area contributed by atoms with Crippen LogP contribution in [0.2, 0.25) is 5.02 Å². The number of halogens is 1. The highest BCUT2D eigenvalue weighted by Crippen LogP contribution is 2.28. The zero-order chi connectivity index (χ0) is 21.3. The van der Waals surface area contributed by atoms with Gasteiger partial charge in [0.15, 0.2) is 0 Å². The van der Waals surface area contributed by atoms with E-state index in [4.69, 9.17) is 16.7 Å². The fraction of sp³-hybridized carbons (Fsp3) is 0.143. The van der Waals surface area contributed by atoms with Crippen LogP contribution in [0.15, 0.2) is 53.4 Å². The summed E-state index contributed by atoms with van der Waals surface area (Å²) in [7, 11) is 0. The molecule has 1 aliphatic rings. The Balaban J connectivity index is 1.72. The molecule has 0 saturated carbocycles. The van der Waals surface area contributed by atoms with Crippen molar-refractivity contribution in [3.63, 3.8) is 0 Å². The van der Waals surface area contributed by atoms with Crippen molar-refractivity contribution in [1.29, 1.82) is 0 Å². The van der Waals surface area contributed by atoms with Gasteiger partial charge >= 0.3 is 5.97 Å². The Morgan fingerprint density at radius 1 is 1.20 bits per heavy atom. The fourth-order valence-electron chi connectivity index (χ4n) is 3.33. The molecule has 1 aliphatic heterocycles. The van der Waals surface area contributed by atoms with E-state index in [1.54, 1.807) is 35.8 Å². The molecule has 2 heterocycles. The van der Waals surface area contributed by atoms with Crippen LogP contribution in [0.3, 0.4) is 0 Å². The number of carbonyl (C=O) groups is 3. The number of hydrogen-bond acceptors (Lipinski definition) is 5. The Morgan fingerprint density at radius 2 is 1.97 bits per heavy atom. The molecule has 0 unspecified atom stereocenters. The highest BCUT2D eigenvalue weighted by atomic mass is 35.5. The molecule has 3 aromatic rings. The first kappa shape index (κ1) is 20.1. The lowest BCUT2D eigenvalue weighted by Crippen LogP contribution is -2.46. The zero-order valence-corrected chi connectivity index (χ0v) is 17.1. The van der Waals surface area contributed by atoms with E-state index in [2.05, 4.69) is 10.3 Å². The molecule has 0 aliphatic carbocycles. The number of aromatic nitrogens is 1. The molecule has 9 heteroatoms. The third-order valence-corrected chi connectivity index (χ3v) is 5.72. The van der Waals surface area contributed by atoms with Gasteiger partial charge in [-0.1, -0.05) is 23.7 Å². The van der Waals surface area contributed by atoms with Crippen molar-refractivity contribution >= 4 is 46.4 Å². The smallest absolute Gasteiger partial charge is 0.335 e. The summed E-state index contributed by atoms with van der Waals surface area (Å²) < 4.78 is 0. The molecule has 0 bridgehead atoms. The Morgan fingerprint density at radius 3 is 2.63 bits per heavy atom. The lowest BCUT2D eigenvalue weighted by molar-refractivity contribution is -0.120. The van der Waals surface area contributed by atoms with Crippen LogP contribution in [-0.4, -0.2) is 38.8 Å². The molecule has 1 aromatic heterocycles. The SMILES string of the molecule is O=C(O)c1ccc(CN2C(=O)c3ccc(Cl)cc3NC(=O)[C@H]2Cc2cscn2)cc1. The predicted octanol–water partition coefficient (Wildman–Crippen LogP) is 3.70. The molecule has 0 saturated heterocycles. The van der Waals surface area contributed by atoms with Crippen LogP contribution in [0.5, 0.6) is 0 Å². The monoisotopic (exact) mass is 441 g/mol. The van der Waals surface area contributed by atoms with E-state index >= 15 is 0 Å². The number of hydrogen-bond donors (Lipinski definition) is 2. The minimum Gasteiger partial charge on any atom is -0.478 e. The summed E-state index contributed by atoms with van der Waals surface area (Å²) in [5.41, 5.74) is 3.96. The van der Waals surface area contributed by atoms with Gasteiger partial charge in [0, 0.05) is 23.4 Å². The number of fused-ring (bicyclic) bond motifs is 1. The van der Waals surface area contributed by atoms with Crippen LogP contribution in [0, 0.1) is 0 Å². The molecule has 7 nitrogen and oxygen atoms in total. The number of aromatic carboxylic acids is 1. The van der Waals surface area contributed by atoms with Gasteiger partial charge in [-0.25, -0.2) is 9.78 Å². The van der Waals surface area contributed by atoms with E-state index in [1.165, 1.54) is 28.4 Å². The topological polar surface area (TPSA) is 99.6 Å². The van der Waals surface area contributed by atoms with E-state index in [-0.39, 0.29) is 30.3 Å². The summed E-state index contributed by atoms with van der Waals surface area (Å²) in [4.78, 5) is 43.3. The van der Waals surface area contributed by atoms with Crippen molar-refractivity contribution in [2.45, 2.75) is 19.0 Å². The maximum absolute atomic E-state index is 13.4. The maximum Gasteiger partial charge on any atom is 0.335 e. The van der Waals surface area contributed by atoms with E-state index in [0.717, 1.165) is 0 Å². The highest BCUT2D eigenvalue weighted by molar-refractivity contribution is 7.07. The van der Waals surface area contributed by atoms with E-state index in [1.807, 2.05) is 5.38 Å². The number of carboxylic acid groups (broad SMARTS) is 1. The van der Waals surface area contributed by atoms with Gasteiger partial charge in [-0.2, -0.15) is 0 Å². The molecular weight excluding hydrogens is 426 g/mol. The molecule has 1 atom stereocenters. The van der Waals surface area contributed by atoms with Gasteiger partial charge in [-0.05, 0) is 35.9 Å². The Hall–Kier alpha value is -3.23. The Kier molecular flexibility index (Phi) is 5.52. The minimum atomic E-state index is -1.03. The summed E-state index contributed by atoms with van der Waals surface area (Å²) in [6.45, 7) is 0.142. The number of nitrogens with one attached hydrogen (secondary N) is 1. The van der Waals surface area contributed by atoms with Gasteiger partial charge < -0.3 is 15.3 Å². The van der Waals surface area contributed by atoms with Crippen molar-refractivity contribution in [2.24, 2.45) is 0 Å². The lowest BCUT2D eigenvalue weighted by Gasteiger charge is -2.28. The largest absolute Gasteiger partial charge is 0.478 e. The number of thiazole rings is 1. The zero-order valence-electron chi connectivity index (χ0n) is 15.5. The van der Waals surface area contributed by atoms with Crippen molar-refractivity contribution in [1.82, 2.24) is 9.88 Å². The van der Waals surface area contributed by atoms with Crippen LogP contribution in [0.25, 0.3) is 0 Å². The number of carbonyl (C=O) groups excluding carboxylic acids is 2. The van der Waals surface area contributed by atoms with Gasteiger partial charge in [-0.3, -0.25) is 9.59 Å². The number of nitrogens with zero attached hydrogens (tertiary/aromatic N) is 2. The molecule has 4 rings (SSSR count). The lowest BCUT2D eigenvalue weighted by atomic mass is 10.1. The van der Waals surface area contributed by atoms with Crippen LogP contribution in [0.4, 0.5) is 5.69 Å². The standard InChI is InChI=1S/C21H16ClN3O4S/c22-14-5-6-16-17(7-14)24-19(26)18(8-15-10-30-11-23-15)25(20(16)27)9-12-1-3-13(4-2-12)21(28)29/h1-7,10-11,18H,8-9H2,(H,24,26)(H,28,29)/t18-/m1/s1. The number of benzene rings is 2. The van der Waals surface area contributed by atoms with Gasteiger partial charge in [-0.15, -0.1) is 11.3 Å². The van der Waals surface area contributed by atoms with Crippen LogP contribution < -0.4 is 5.32 Å². The summed E-state index contributed by atoms with van der Waals surface area (Å²) in [6, 6.07) is 10.2. The highest BCUT2D eigenvalue weighted by Gasteiger charge is 2.36. The van der Waals surface area contributed by atoms with Gasteiger partial charge in [0.05, 0.1) is 28.0 Å². The van der Waals surface area contributed by atoms with Gasteiger partial charge in [0.1, 0.15) is 6.04 Å². The van der Waals surface area contributed by atoms with E-state index < -0.39 is 12.0 Å². The maximum atomic E-state index is 13.4. The van der Waals surface area contributed by atoms with Crippen LogP contribution >= 0.6 is 22.9 Å². The summed E-state index contributed by atoms with van der Waals surface area (Å²) >= 11 is 7.47. The summed E-state index contributed by atoms with van der Waals surface area (Å²) in [5, 5.41) is 14.2. The molecule has 2 N–H and O–H groups in total. The molecule has 152 valence electrons. The molecule has 30 heavy (non-hydrogen) atoms. The predicted molar refractivity (Wildman–Crippen MR) is 113 cm³/mol. The average molecular weight is 442 g/mol. The number of anilines is 1. The van der Waals surface area contributed by atoms with Gasteiger partial charge in [0.2, 0.25) is 5.91 Å². The van der Waals surface area contributed by atoms with E-state index in [0.29, 0.717) is 27.5 Å². The average Bonchev–Trinajstić information content (AvgIpc) is 3.21. The first-order valence-electron chi connectivity index (χ1n) is 9.03. The number of rotatable bonds is 5. The first-order chi connectivity index (χ1) is 14.4. The molecule has 0 spiro atoms. The summed E-state index contributed by atoms with van der Waals surface area (Å²) in [6.07, 6.45) is 0.260. The van der Waals surface area contributed by atoms with Crippen molar-refractivity contribution in [3.05, 3.63) is 80.8 Å². The van der Waals surface area contributed by atoms with Crippen molar-refractivity contribution in [2.75, 3.05) is 5.32 Å². The minimum absolute atomic E-state index is 0.142. The molecular formula is C21H16ClN3O4S. The Bertz CT molecular complexity index is 1120. The van der Waals surface area contributed by atoms with Crippen LogP contribution in [0.1, 0.15) is 32.0 Å². The van der Waals surface area contributed by atoms with E-state index in [9.17, 15) is 14.4 Å². The second-order valence-corrected chi connectivity index (χ2v) is 7.97. The third-order valence-electron chi connectivity index (χ3n) is 4.85. The second kappa shape index (κ2) is 8.25. The molecule has 2 aromatic carbocycles. The second-order valence-electron chi connectivity index (χ2n) is 6.81. The normalized spacial score (nSPS) is 16.0. The number of amides is 2. The molecule has 0 radical (unpaired) electrons.